The van der Waals surface area contributed by atoms with Gasteiger partial charge in [-0.05, 0) is 47.9 Å². The van der Waals surface area contributed by atoms with Gasteiger partial charge in [-0.3, -0.25) is 9.78 Å². The second-order valence-corrected chi connectivity index (χ2v) is 7.30. The average molecular weight is 370 g/mol. The standard InChI is InChI=1S/C19H19N3OS2/c1-24-18-17(7-3-10-21-18)19(23)22(11-8-16-6-4-12-25-16)14-15-5-2-9-20-13-15/h2-7,9-10,12-13H,8,11,14H2,1H3. The summed E-state index contributed by atoms with van der Waals surface area (Å²) in [6, 6.07) is 11.7. The van der Waals surface area contributed by atoms with Gasteiger partial charge in [0.1, 0.15) is 5.03 Å². The number of rotatable bonds is 7. The minimum Gasteiger partial charge on any atom is -0.334 e. The molecule has 3 rings (SSSR count). The van der Waals surface area contributed by atoms with Gasteiger partial charge in [-0.15, -0.1) is 23.1 Å². The first kappa shape index (κ1) is 17.6. The minimum atomic E-state index is 0.0119. The van der Waals surface area contributed by atoms with Crippen LogP contribution in [0.1, 0.15) is 20.8 Å². The largest absolute Gasteiger partial charge is 0.334 e. The van der Waals surface area contributed by atoms with Gasteiger partial charge < -0.3 is 4.90 Å². The normalized spacial score (nSPS) is 10.6. The number of hydrogen-bond acceptors (Lipinski definition) is 5. The van der Waals surface area contributed by atoms with E-state index in [2.05, 4.69) is 21.4 Å². The molecular formula is C19H19N3OS2. The zero-order valence-electron chi connectivity index (χ0n) is 14.0. The van der Waals surface area contributed by atoms with Crippen molar-refractivity contribution in [3.05, 3.63) is 76.4 Å². The molecule has 0 spiro atoms. The summed E-state index contributed by atoms with van der Waals surface area (Å²) in [4.78, 5) is 24.8. The van der Waals surface area contributed by atoms with E-state index in [9.17, 15) is 4.79 Å². The maximum Gasteiger partial charge on any atom is 0.256 e. The van der Waals surface area contributed by atoms with Crippen LogP contribution in [0.15, 0.2) is 65.4 Å². The second kappa shape index (κ2) is 8.78. The van der Waals surface area contributed by atoms with Crippen molar-refractivity contribution in [2.75, 3.05) is 12.8 Å². The lowest BCUT2D eigenvalue weighted by molar-refractivity contribution is 0.0741. The van der Waals surface area contributed by atoms with Crippen molar-refractivity contribution in [3.8, 4) is 0 Å². The van der Waals surface area contributed by atoms with Gasteiger partial charge in [-0.1, -0.05) is 12.1 Å². The first-order valence-electron chi connectivity index (χ1n) is 7.97. The molecule has 3 aromatic rings. The SMILES string of the molecule is CSc1ncccc1C(=O)N(CCc1cccs1)Cc1cccnc1. The molecule has 0 fully saturated rings. The van der Waals surface area contributed by atoms with Crippen LogP contribution in [0, 0.1) is 0 Å². The lowest BCUT2D eigenvalue weighted by atomic mass is 10.2. The Balaban J connectivity index is 1.82. The summed E-state index contributed by atoms with van der Waals surface area (Å²) in [5, 5.41) is 2.83. The van der Waals surface area contributed by atoms with Crippen LogP contribution in [-0.2, 0) is 13.0 Å². The van der Waals surface area contributed by atoms with Gasteiger partial charge in [0.05, 0.1) is 5.56 Å². The quantitative estimate of drug-likeness (QED) is 0.587. The maximum atomic E-state index is 13.1. The van der Waals surface area contributed by atoms with Crippen LogP contribution in [0.5, 0.6) is 0 Å². The van der Waals surface area contributed by atoms with E-state index in [1.807, 2.05) is 47.7 Å². The number of thiophene rings is 1. The highest BCUT2D eigenvalue weighted by molar-refractivity contribution is 7.98. The van der Waals surface area contributed by atoms with Crippen LogP contribution in [0.2, 0.25) is 0 Å². The highest BCUT2D eigenvalue weighted by Gasteiger charge is 2.19. The van der Waals surface area contributed by atoms with Crippen LogP contribution >= 0.6 is 23.1 Å². The number of carbonyl (C=O) groups is 1. The fraction of sp³-hybridized carbons (Fsp3) is 0.211. The zero-order chi connectivity index (χ0) is 17.5. The van der Waals surface area contributed by atoms with E-state index >= 15 is 0 Å². The van der Waals surface area contributed by atoms with E-state index in [4.69, 9.17) is 0 Å². The molecule has 0 unspecified atom stereocenters. The molecule has 3 heterocycles. The Hall–Kier alpha value is -2.18. The van der Waals surface area contributed by atoms with Gasteiger partial charge >= 0.3 is 0 Å². The summed E-state index contributed by atoms with van der Waals surface area (Å²) in [5.74, 6) is 0.0119. The Morgan fingerprint density at radius 1 is 1.20 bits per heavy atom. The van der Waals surface area contributed by atoms with Crippen LogP contribution in [-0.4, -0.2) is 33.6 Å². The molecule has 0 aliphatic rings. The topological polar surface area (TPSA) is 46.1 Å². The Bertz CT molecular complexity index is 807. The number of hydrogen-bond donors (Lipinski definition) is 0. The molecule has 0 bridgehead atoms. The summed E-state index contributed by atoms with van der Waals surface area (Å²) in [6.45, 7) is 1.21. The highest BCUT2D eigenvalue weighted by Crippen LogP contribution is 2.20. The van der Waals surface area contributed by atoms with Gasteiger partial charge in [-0.25, -0.2) is 4.98 Å². The zero-order valence-corrected chi connectivity index (χ0v) is 15.6. The molecular weight excluding hydrogens is 350 g/mol. The predicted octanol–water partition coefficient (Wildman–Crippen LogP) is 4.15. The smallest absolute Gasteiger partial charge is 0.256 e. The van der Waals surface area contributed by atoms with Crippen molar-refractivity contribution in [3.63, 3.8) is 0 Å². The average Bonchev–Trinajstić information content (AvgIpc) is 3.19. The number of carbonyl (C=O) groups excluding carboxylic acids is 1. The molecule has 0 aliphatic carbocycles. The second-order valence-electron chi connectivity index (χ2n) is 5.48. The van der Waals surface area contributed by atoms with Crippen molar-refractivity contribution in [2.45, 2.75) is 18.0 Å². The Morgan fingerprint density at radius 3 is 2.80 bits per heavy atom. The van der Waals surface area contributed by atoms with Crippen LogP contribution in [0.3, 0.4) is 0 Å². The summed E-state index contributed by atoms with van der Waals surface area (Å²) in [5.41, 5.74) is 1.68. The highest BCUT2D eigenvalue weighted by atomic mass is 32.2. The molecule has 0 saturated carbocycles. The lowest BCUT2D eigenvalue weighted by Crippen LogP contribution is -2.33. The van der Waals surface area contributed by atoms with Gasteiger partial charge in [-0.2, -0.15) is 0 Å². The molecule has 0 aromatic carbocycles. The van der Waals surface area contributed by atoms with Crippen molar-refractivity contribution >= 4 is 29.0 Å². The third-order valence-corrected chi connectivity index (χ3v) is 5.43. The monoisotopic (exact) mass is 369 g/mol. The van der Waals surface area contributed by atoms with Crippen molar-refractivity contribution < 1.29 is 4.79 Å². The maximum absolute atomic E-state index is 13.1. The van der Waals surface area contributed by atoms with Crippen LogP contribution in [0.4, 0.5) is 0 Å². The van der Waals surface area contributed by atoms with E-state index in [1.165, 1.54) is 16.6 Å². The van der Waals surface area contributed by atoms with Crippen molar-refractivity contribution in [1.82, 2.24) is 14.9 Å². The third kappa shape index (κ3) is 4.67. The molecule has 0 saturated heterocycles. The number of amides is 1. The van der Waals surface area contributed by atoms with Crippen molar-refractivity contribution in [2.24, 2.45) is 0 Å². The molecule has 0 atom stereocenters. The first-order valence-corrected chi connectivity index (χ1v) is 10.1. The van der Waals surface area contributed by atoms with Gasteiger partial charge in [0.15, 0.2) is 0 Å². The molecule has 25 heavy (non-hydrogen) atoms. The fourth-order valence-corrected chi connectivity index (χ4v) is 3.79. The fourth-order valence-electron chi connectivity index (χ4n) is 2.55. The molecule has 0 aliphatic heterocycles. The Kier molecular flexibility index (Phi) is 6.19. The number of nitrogens with zero attached hydrogens (tertiary/aromatic N) is 3. The Morgan fingerprint density at radius 2 is 2.08 bits per heavy atom. The minimum absolute atomic E-state index is 0.0119. The summed E-state index contributed by atoms with van der Waals surface area (Å²) < 4.78 is 0. The Labute approximate surface area is 155 Å². The molecule has 6 heteroatoms. The molecule has 128 valence electrons. The number of thioether (sulfide) groups is 1. The van der Waals surface area contributed by atoms with Crippen molar-refractivity contribution in [1.29, 1.82) is 0 Å². The van der Waals surface area contributed by atoms with E-state index in [0.717, 1.165) is 17.0 Å². The third-order valence-electron chi connectivity index (χ3n) is 3.79. The first-order chi connectivity index (χ1) is 12.3. The van der Waals surface area contributed by atoms with Crippen LogP contribution in [0.25, 0.3) is 0 Å². The predicted molar refractivity (Wildman–Crippen MR) is 103 cm³/mol. The molecule has 3 aromatic heterocycles. The summed E-state index contributed by atoms with van der Waals surface area (Å²) in [7, 11) is 0. The van der Waals surface area contributed by atoms with E-state index < -0.39 is 0 Å². The van der Waals surface area contributed by atoms with E-state index in [-0.39, 0.29) is 5.91 Å². The lowest BCUT2D eigenvalue weighted by Gasteiger charge is -2.23. The number of pyridine rings is 2. The van der Waals surface area contributed by atoms with E-state index in [0.29, 0.717) is 18.7 Å². The van der Waals surface area contributed by atoms with Gasteiger partial charge in [0, 0.05) is 36.6 Å². The molecule has 0 radical (unpaired) electrons. The molecule has 4 nitrogen and oxygen atoms in total. The van der Waals surface area contributed by atoms with Gasteiger partial charge in [0.2, 0.25) is 0 Å². The van der Waals surface area contributed by atoms with Crippen LogP contribution < -0.4 is 0 Å². The molecule has 1 amide bonds. The van der Waals surface area contributed by atoms with Gasteiger partial charge in [0.25, 0.3) is 5.91 Å². The van der Waals surface area contributed by atoms with E-state index in [1.54, 1.807) is 23.7 Å². The summed E-state index contributed by atoms with van der Waals surface area (Å²) in [6.07, 6.45) is 8.06. The summed E-state index contributed by atoms with van der Waals surface area (Å²) >= 11 is 3.21. The number of aromatic nitrogens is 2. The molecule has 0 N–H and O–H groups in total.